The average molecular weight is 576 g/mol. The molecule has 0 aliphatic rings. The topological polar surface area (TPSA) is 83.1 Å². The van der Waals surface area contributed by atoms with Gasteiger partial charge in [0.1, 0.15) is 0 Å². The molecule has 0 radical (unpaired) electrons. The molecule has 0 unspecified atom stereocenters. The van der Waals surface area contributed by atoms with Crippen molar-refractivity contribution < 1.29 is 42.6 Å². The smallest absolute Gasteiger partial charge is 0.0701 e. The molecule has 0 heterocycles. The van der Waals surface area contributed by atoms with E-state index >= 15 is 0 Å². The number of unbranched alkanes of at least 4 members (excludes halogenated alkanes) is 4. The van der Waals surface area contributed by atoms with E-state index in [2.05, 4.69) is 22.9 Å². The van der Waals surface area contributed by atoms with Crippen LogP contribution >= 0.6 is 15.9 Å². The Morgan fingerprint density at radius 1 is 0.314 bits per heavy atom. The van der Waals surface area contributed by atoms with Crippen LogP contribution in [-0.4, -0.2) is 124 Å². The number of rotatable bonds is 32. The van der Waals surface area contributed by atoms with E-state index in [4.69, 9.17) is 42.6 Å². The van der Waals surface area contributed by atoms with Gasteiger partial charge in [0.05, 0.1) is 112 Å². The molecule has 0 bridgehead atoms. The largest absolute Gasteiger partial charge is 0.379 e. The van der Waals surface area contributed by atoms with Gasteiger partial charge in [-0.05, 0) is 6.42 Å². The van der Waals surface area contributed by atoms with E-state index in [1.807, 2.05) is 0 Å². The second-order valence-corrected chi connectivity index (χ2v) is 8.41. The maximum absolute atomic E-state index is 5.55. The third-order valence-corrected chi connectivity index (χ3v) is 4.91. The number of hydrogen-bond donors (Lipinski definition) is 0. The van der Waals surface area contributed by atoms with Gasteiger partial charge in [-0.1, -0.05) is 48.5 Å². The monoisotopic (exact) mass is 574 g/mol. The molecule has 0 aliphatic carbocycles. The highest BCUT2D eigenvalue weighted by molar-refractivity contribution is 9.09. The second kappa shape index (κ2) is 34.1. The lowest BCUT2D eigenvalue weighted by Crippen LogP contribution is -2.15. The van der Waals surface area contributed by atoms with E-state index in [1.165, 1.54) is 25.7 Å². The van der Waals surface area contributed by atoms with Crippen molar-refractivity contribution in [3.05, 3.63) is 0 Å². The van der Waals surface area contributed by atoms with Crippen molar-refractivity contribution in [1.82, 2.24) is 0 Å². The molecule has 0 saturated carbocycles. The Kier molecular flexibility index (Phi) is 34.2. The zero-order valence-electron chi connectivity index (χ0n) is 22.0. The number of alkyl halides is 1. The van der Waals surface area contributed by atoms with Crippen LogP contribution in [0.1, 0.15) is 39.0 Å². The average Bonchev–Trinajstić information content (AvgIpc) is 2.87. The van der Waals surface area contributed by atoms with Crippen LogP contribution in [0.3, 0.4) is 0 Å². The fourth-order valence-corrected chi connectivity index (χ4v) is 2.95. The van der Waals surface area contributed by atoms with Crippen LogP contribution in [0.2, 0.25) is 0 Å². The molecule has 35 heavy (non-hydrogen) atoms. The summed E-state index contributed by atoms with van der Waals surface area (Å²) in [5.74, 6) is 0. The molecule has 0 rings (SSSR count). The summed E-state index contributed by atoms with van der Waals surface area (Å²) in [6, 6.07) is 0. The molecule has 0 spiro atoms. The van der Waals surface area contributed by atoms with Crippen molar-refractivity contribution in [2.75, 3.05) is 124 Å². The molecular formula is C25H51BrO9. The van der Waals surface area contributed by atoms with E-state index in [0.29, 0.717) is 112 Å². The quantitative estimate of drug-likeness (QED) is 0.0885. The molecule has 212 valence electrons. The molecule has 0 N–H and O–H groups in total. The minimum atomic E-state index is 0.539. The van der Waals surface area contributed by atoms with Gasteiger partial charge in [0.15, 0.2) is 0 Å². The molecule has 9 nitrogen and oxygen atoms in total. The summed E-state index contributed by atoms with van der Waals surface area (Å²) < 4.78 is 49.0. The molecule has 0 atom stereocenters. The van der Waals surface area contributed by atoms with Crippen LogP contribution in [0, 0.1) is 0 Å². The Balaban J connectivity index is 3.00. The highest BCUT2D eigenvalue weighted by Crippen LogP contribution is 2.02. The fraction of sp³-hybridized carbons (Fsp3) is 1.00. The summed E-state index contributed by atoms with van der Waals surface area (Å²) in [6.07, 6.45) is 6.31. The number of ether oxygens (including phenoxy) is 9. The van der Waals surface area contributed by atoms with Crippen LogP contribution in [-0.2, 0) is 42.6 Å². The Labute approximate surface area is 221 Å². The Bertz CT molecular complexity index is 336. The standard InChI is InChI=1S/C25H51BrO9/c1-2-3-4-5-6-8-27-10-12-29-14-16-31-18-20-33-22-24-35-25-23-34-21-19-32-17-15-30-13-11-28-9-7-26/h2-25H2,1H3. The maximum Gasteiger partial charge on any atom is 0.0701 e. The molecule has 0 aromatic rings. The van der Waals surface area contributed by atoms with Crippen molar-refractivity contribution in [2.24, 2.45) is 0 Å². The predicted octanol–water partition coefficient (Wildman–Crippen LogP) is 3.50. The lowest BCUT2D eigenvalue weighted by atomic mass is 10.2. The fourth-order valence-electron chi connectivity index (χ4n) is 2.72. The van der Waals surface area contributed by atoms with E-state index < -0.39 is 0 Å². The first kappa shape index (κ1) is 35.1. The molecule has 0 saturated heterocycles. The zero-order valence-corrected chi connectivity index (χ0v) is 23.6. The molecule has 0 amide bonds. The second-order valence-electron chi connectivity index (χ2n) is 7.61. The van der Waals surface area contributed by atoms with Gasteiger partial charge in [-0.3, -0.25) is 0 Å². The van der Waals surface area contributed by atoms with Gasteiger partial charge in [0.2, 0.25) is 0 Å². The van der Waals surface area contributed by atoms with Gasteiger partial charge < -0.3 is 42.6 Å². The first-order valence-corrected chi connectivity index (χ1v) is 14.3. The third-order valence-electron chi connectivity index (χ3n) is 4.59. The Morgan fingerprint density at radius 2 is 0.571 bits per heavy atom. The highest BCUT2D eigenvalue weighted by Gasteiger charge is 1.96. The van der Waals surface area contributed by atoms with Crippen LogP contribution in [0.15, 0.2) is 0 Å². The first-order chi connectivity index (χ1) is 17.4. The summed E-state index contributed by atoms with van der Waals surface area (Å²) in [5.41, 5.74) is 0. The highest BCUT2D eigenvalue weighted by atomic mass is 79.9. The minimum absolute atomic E-state index is 0.539. The van der Waals surface area contributed by atoms with Crippen molar-refractivity contribution in [3.8, 4) is 0 Å². The van der Waals surface area contributed by atoms with E-state index in [-0.39, 0.29) is 0 Å². The number of hydrogen-bond acceptors (Lipinski definition) is 9. The van der Waals surface area contributed by atoms with Crippen LogP contribution in [0.5, 0.6) is 0 Å². The normalized spacial score (nSPS) is 11.5. The summed E-state index contributed by atoms with van der Waals surface area (Å²) >= 11 is 3.30. The molecule has 0 aliphatic heterocycles. The molecular weight excluding hydrogens is 524 g/mol. The predicted molar refractivity (Wildman–Crippen MR) is 140 cm³/mol. The third kappa shape index (κ3) is 34.1. The van der Waals surface area contributed by atoms with E-state index in [0.717, 1.165) is 18.4 Å². The molecule has 0 aromatic carbocycles. The van der Waals surface area contributed by atoms with Gasteiger partial charge in [-0.15, -0.1) is 0 Å². The van der Waals surface area contributed by atoms with Crippen molar-refractivity contribution >= 4 is 15.9 Å². The lowest BCUT2D eigenvalue weighted by molar-refractivity contribution is -0.0248. The van der Waals surface area contributed by atoms with Gasteiger partial charge in [-0.25, -0.2) is 0 Å². The van der Waals surface area contributed by atoms with Gasteiger partial charge >= 0.3 is 0 Å². The minimum Gasteiger partial charge on any atom is -0.379 e. The van der Waals surface area contributed by atoms with Crippen LogP contribution < -0.4 is 0 Å². The first-order valence-electron chi connectivity index (χ1n) is 13.2. The summed E-state index contributed by atoms with van der Waals surface area (Å²) in [5, 5.41) is 0.845. The summed E-state index contributed by atoms with van der Waals surface area (Å²) in [4.78, 5) is 0. The summed E-state index contributed by atoms with van der Waals surface area (Å²) in [7, 11) is 0. The van der Waals surface area contributed by atoms with E-state index in [9.17, 15) is 0 Å². The van der Waals surface area contributed by atoms with Crippen molar-refractivity contribution in [3.63, 3.8) is 0 Å². The summed E-state index contributed by atoms with van der Waals surface area (Å²) in [6.45, 7) is 12.8. The molecule has 0 aromatic heterocycles. The van der Waals surface area contributed by atoms with Crippen molar-refractivity contribution in [2.45, 2.75) is 39.0 Å². The lowest BCUT2D eigenvalue weighted by Gasteiger charge is -2.09. The Hall–Kier alpha value is 0.120. The van der Waals surface area contributed by atoms with E-state index in [1.54, 1.807) is 0 Å². The van der Waals surface area contributed by atoms with Gasteiger partial charge in [0, 0.05) is 11.9 Å². The zero-order chi connectivity index (χ0) is 25.3. The Morgan fingerprint density at radius 3 is 0.857 bits per heavy atom. The number of halogens is 1. The van der Waals surface area contributed by atoms with Crippen LogP contribution in [0.25, 0.3) is 0 Å². The van der Waals surface area contributed by atoms with Gasteiger partial charge in [0.25, 0.3) is 0 Å². The van der Waals surface area contributed by atoms with Crippen molar-refractivity contribution in [1.29, 1.82) is 0 Å². The van der Waals surface area contributed by atoms with Crippen LogP contribution in [0.4, 0.5) is 0 Å². The molecule has 0 fully saturated rings. The van der Waals surface area contributed by atoms with Gasteiger partial charge in [-0.2, -0.15) is 0 Å². The molecule has 10 heteroatoms. The maximum atomic E-state index is 5.55. The SMILES string of the molecule is CCCCCCCOCCOCCOCCOCCOCCOCCOCCOCCOCCBr.